The van der Waals surface area contributed by atoms with Crippen molar-refractivity contribution >= 4 is 40.4 Å². The van der Waals surface area contributed by atoms with E-state index in [1.165, 1.54) is 5.01 Å². The predicted molar refractivity (Wildman–Crippen MR) is 87.6 cm³/mol. The normalized spacial score (nSPS) is 17.7. The van der Waals surface area contributed by atoms with Crippen molar-refractivity contribution in [2.75, 3.05) is 5.01 Å². The molecule has 3 rings (SSSR count). The van der Waals surface area contributed by atoms with Crippen LogP contribution in [0, 0.1) is 5.92 Å². The average molecular weight is 311 g/mol. The van der Waals surface area contributed by atoms with E-state index < -0.39 is 5.92 Å². The third-order valence-electron chi connectivity index (χ3n) is 3.97. The number of aldehydes is 1. The van der Waals surface area contributed by atoms with Crippen molar-refractivity contribution in [1.82, 2.24) is 4.57 Å². The molecule has 0 saturated carbocycles. The summed E-state index contributed by atoms with van der Waals surface area (Å²) in [6.45, 7) is 3.61. The highest BCUT2D eigenvalue weighted by atomic mass is 16.2. The lowest BCUT2D eigenvalue weighted by Crippen LogP contribution is -2.27. The lowest BCUT2D eigenvalue weighted by molar-refractivity contribution is -0.123. The maximum absolute atomic E-state index is 12.2. The second kappa shape index (κ2) is 5.79. The first-order valence-electron chi connectivity index (χ1n) is 7.55. The van der Waals surface area contributed by atoms with Crippen molar-refractivity contribution in [3.05, 3.63) is 30.5 Å². The molecule has 2 heterocycles. The number of aromatic nitrogens is 1. The summed E-state index contributed by atoms with van der Waals surface area (Å²) in [5.41, 5.74) is 1.76. The maximum Gasteiger partial charge on any atom is 0.263 e. The summed E-state index contributed by atoms with van der Waals surface area (Å²) in [5, 5.41) is 6.32. The number of hydrogen-bond acceptors (Lipinski definition) is 4. The van der Waals surface area contributed by atoms with Gasteiger partial charge in [-0.05, 0) is 31.5 Å². The zero-order chi connectivity index (χ0) is 16.6. The highest BCUT2D eigenvalue weighted by Gasteiger charge is 2.34. The Bertz CT molecular complexity index is 835. The Kier molecular flexibility index (Phi) is 3.82. The molecule has 6 nitrogen and oxygen atoms in total. The minimum atomic E-state index is -0.820. The van der Waals surface area contributed by atoms with Crippen LogP contribution in [-0.4, -0.2) is 28.4 Å². The largest absolute Gasteiger partial charge is 0.302 e. The first-order valence-corrected chi connectivity index (χ1v) is 7.55. The van der Waals surface area contributed by atoms with Crippen molar-refractivity contribution in [3.8, 4) is 0 Å². The van der Waals surface area contributed by atoms with Crippen LogP contribution in [0.15, 0.2) is 35.6 Å². The van der Waals surface area contributed by atoms with Gasteiger partial charge in [0.05, 0.1) is 16.9 Å². The summed E-state index contributed by atoms with van der Waals surface area (Å²) >= 11 is 0. The molecule has 0 fully saturated rings. The van der Waals surface area contributed by atoms with Crippen LogP contribution in [0.5, 0.6) is 0 Å². The van der Waals surface area contributed by atoms with Crippen LogP contribution in [0.4, 0.5) is 5.69 Å². The second-order valence-electron chi connectivity index (χ2n) is 5.58. The number of fused-ring (bicyclic) bond motifs is 1. The maximum atomic E-state index is 12.2. The molecule has 1 unspecified atom stereocenters. The first-order chi connectivity index (χ1) is 11.1. The van der Waals surface area contributed by atoms with Crippen LogP contribution in [0.2, 0.25) is 0 Å². The van der Waals surface area contributed by atoms with Gasteiger partial charge in [-0.2, -0.15) is 10.1 Å². The molecular weight excluding hydrogens is 294 g/mol. The molecule has 118 valence electrons. The number of anilines is 1. The number of hydrazone groups is 1. The third-order valence-corrected chi connectivity index (χ3v) is 3.97. The van der Waals surface area contributed by atoms with Gasteiger partial charge in [-0.3, -0.25) is 14.2 Å². The van der Waals surface area contributed by atoms with Crippen LogP contribution in [0.25, 0.3) is 10.9 Å². The minimum absolute atomic E-state index is 0.0119. The summed E-state index contributed by atoms with van der Waals surface area (Å²) in [4.78, 5) is 35.4. The Labute approximate surface area is 133 Å². The fourth-order valence-electron chi connectivity index (χ4n) is 2.72. The van der Waals surface area contributed by atoms with Crippen molar-refractivity contribution in [2.24, 2.45) is 11.0 Å². The first kappa shape index (κ1) is 15.1. The van der Waals surface area contributed by atoms with Gasteiger partial charge in [-0.25, -0.2) is 0 Å². The summed E-state index contributed by atoms with van der Waals surface area (Å²) in [5.74, 6) is -1.17. The molecule has 1 aromatic heterocycles. The second-order valence-corrected chi connectivity index (χ2v) is 5.58. The van der Waals surface area contributed by atoms with Crippen LogP contribution in [-0.2, 0) is 9.59 Å². The smallest absolute Gasteiger partial charge is 0.263 e. The monoisotopic (exact) mass is 311 g/mol. The van der Waals surface area contributed by atoms with Gasteiger partial charge < -0.3 is 4.79 Å². The molecule has 1 aliphatic heterocycles. The molecule has 0 aliphatic carbocycles. The Morgan fingerprint density at radius 2 is 2.13 bits per heavy atom. The number of benzene rings is 1. The summed E-state index contributed by atoms with van der Waals surface area (Å²) < 4.78 is 1.59. The van der Waals surface area contributed by atoms with Gasteiger partial charge in [0, 0.05) is 18.0 Å². The molecule has 1 atom stereocenters. The topological polar surface area (TPSA) is 71.7 Å². The predicted octanol–water partition coefficient (Wildman–Crippen LogP) is 2.62. The van der Waals surface area contributed by atoms with E-state index in [1.807, 2.05) is 19.1 Å². The van der Waals surface area contributed by atoms with Crippen molar-refractivity contribution in [1.29, 1.82) is 0 Å². The number of rotatable bonds is 4. The van der Waals surface area contributed by atoms with E-state index >= 15 is 0 Å². The number of hydrogen-bond donors (Lipinski definition) is 0. The highest BCUT2D eigenvalue weighted by Crippen LogP contribution is 2.27. The van der Waals surface area contributed by atoms with E-state index in [0.717, 1.165) is 17.3 Å². The zero-order valence-electron chi connectivity index (χ0n) is 13.0. The molecule has 0 saturated heterocycles. The molecule has 2 aromatic rings. The molecular formula is C17H17N3O3. The van der Waals surface area contributed by atoms with E-state index in [9.17, 15) is 14.4 Å². The number of nitrogens with zero attached hydrogens (tertiary/aromatic N) is 3. The summed E-state index contributed by atoms with van der Waals surface area (Å²) in [7, 11) is 0. The van der Waals surface area contributed by atoms with E-state index in [4.69, 9.17) is 0 Å². The molecule has 1 amide bonds. The van der Waals surface area contributed by atoms with E-state index in [-0.39, 0.29) is 11.8 Å². The Morgan fingerprint density at radius 1 is 1.35 bits per heavy atom. The van der Waals surface area contributed by atoms with Crippen molar-refractivity contribution in [2.45, 2.75) is 26.7 Å². The van der Waals surface area contributed by atoms with Gasteiger partial charge in [0.1, 0.15) is 12.2 Å². The molecule has 1 aromatic carbocycles. The zero-order valence-corrected chi connectivity index (χ0v) is 13.0. The van der Waals surface area contributed by atoms with Crippen LogP contribution >= 0.6 is 0 Å². The standard InChI is InChI=1S/C17H17N3O3/c1-3-4-16(22)19-8-7-12-5-6-13(9-15(12)19)20-17(23)14(10-21)11(2)18-20/h5-10,14H,3-4H2,1-2H3. The van der Waals surface area contributed by atoms with Gasteiger partial charge >= 0.3 is 0 Å². The van der Waals surface area contributed by atoms with Crippen molar-refractivity contribution in [3.63, 3.8) is 0 Å². The molecule has 0 bridgehead atoms. The number of carbonyl (C=O) groups is 3. The fourth-order valence-corrected chi connectivity index (χ4v) is 2.72. The van der Waals surface area contributed by atoms with E-state index in [1.54, 1.807) is 29.8 Å². The van der Waals surface area contributed by atoms with Crippen molar-refractivity contribution < 1.29 is 14.4 Å². The molecule has 0 spiro atoms. The van der Waals surface area contributed by atoms with Gasteiger partial charge in [0.15, 0.2) is 0 Å². The van der Waals surface area contributed by atoms with Gasteiger partial charge in [-0.15, -0.1) is 0 Å². The minimum Gasteiger partial charge on any atom is -0.302 e. The van der Waals surface area contributed by atoms with Gasteiger partial charge in [-0.1, -0.05) is 13.0 Å². The van der Waals surface area contributed by atoms with Crippen LogP contribution in [0.1, 0.15) is 31.5 Å². The van der Waals surface area contributed by atoms with Gasteiger partial charge in [0.2, 0.25) is 5.91 Å². The fraction of sp³-hybridized carbons (Fsp3) is 0.294. The number of carbonyl (C=O) groups excluding carboxylic acids is 3. The Morgan fingerprint density at radius 3 is 2.78 bits per heavy atom. The highest BCUT2D eigenvalue weighted by molar-refractivity contribution is 6.23. The molecule has 1 aliphatic rings. The summed E-state index contributed by atoms with van der Waals surface area (Å²) in [6, 6.07) is 7.22. The molecule has 6 heteroatoms. The SMILES string of the molecule is CCCC(=O)n1ccc2ccc(N3N=C(C)C(C=O)C3=O)cc21. The quantitative estimate of drug-likeness (QED) is 0.643. The number of amides is 1. The molecule has 0 radical (unpaired) electrons. The van der Waals surface area contributed by atoms with Crippen LogP contribution < -0.4 is 5.01 Å². The average Bonchev–Trinajstić information content (AvgIpc) is 3.07. The Balaban J connectivity index is 2.03. The van der Waals surface area contributed by atoms with E-state index in [2.05, 4.69) is 5.10 Å². The molecule has 23 heavy (non-hydrogen) atoms. The summed E-state index contributed by atoms with van der Waals surface area (Å²) in [6.07, 6.45) is 3.57. The Hall–Kier alpha value is -2.76. The third kappa shape index (κ3) is 2.46. The van der Waals surface area contributed by atoms with Gasteiger partial charge in [0.25, 0.3) is 5.91 Å². The molecule has 0 N–H and O–H groups in total. The lowest BCUT2D eigenvalue weighted by Gasteiger charge is -2.13. The van der Waals surface area contributed by atoms with E-state index in [0.29, 0.717) is 24.1 Å². The lowest BCUT2D eigenvalue weighted by atomic mass is 10.1. The van der Waals surface area contributed by atoms with Crippen LogP contribution in [0.3, 0.4) is 0 Å².